The van der Waals surface area contributed by atoms with E-state index in [1.807, 2.05) is 51.1 Å². The van der Waals surface area contributed by atoms with Crippen LogP contribution >= 0.6 is 0 Å². The maximum atomic E-state index is 11.4. The molecule has 0 spiro atoms. The maximum absolute atomic E-state index is 11.4. The number of aromatic carboxylic acids is 1. The number of rotatable bonds is 4. The number of nitrogens with zero attached hydrogens (tertiary/aromatic N) is 2. The summed E-state index contributed by atoms with van der Waals surface area (Å²) in [6, 6.07) is 14.4. The fourth-order valence-electron chi connectivity index (χ4n) is 2.24. The van der Waals surface area contributed by atoms with Crippen molar-refractivity contribution in [2.24, 2.45) is 0 Å². The Morgan fingerprint density at radius 1 is 1.04 bits per heavy atom. The van der Waals surface area contributed by atoms with Gasteiger partial charge in [0.2, 0.25) is 0 Å². The topological polar surface area (TPSA) is 72.3 Å². The zero-order valence-corrected chi connectivity index (χ0v) is 14.0. The number of fused-ring (bicyclic) bond motifs is 1. The van der Waals surface area contributed by atoms with Crippen LogP contribution in [0.15, 0.2) is 48.5 Å². The normalized spacial score (nSPS) is 9.96. The summed E-state index contributed by atoms with van der Waals surface area (Å²) in [5.74, 6) is 0.0791. The number of carboxylic acid groups (broad SMARTS) is 1. The molecule has 0 fully saturated rings. The van der Waals surface area contributed by atoms with E-state index in [-0.39, 0.29) is 5.69 Å². The van der Waals surface area contributed by atoms with E-state index in [2.05, 4.69) is 9.97 Å². The second kappa shape index (κ2) is 8.06. The molecule has 124 valence electrons. The third-order valence-corrected chi connectivity index (χ3v) is 3.23. The number of hydrogen-bond donors (Lipinski definition) is 1. The van der Waals surface area contributed by atoms with Crippen molar-refractivity contribution in [1.29, 1.82) is 0 Å². The fourth-order valence-corrected chi connectivity index (χ4v) is 2.24. The van der Waals surface area contributed by atoms with Crippen LogP contribution in [0.2, 0.25) is 0 Å². The van der Waals surface area contributed by atoms with Gasteiger partial charge in [0.25, 0.3) is 0 Å². The van der Waals surface area contributed by atoms with Crippen LogP contribution < -0.4 is 4.74 Å². The van der Waals surface area contributed by atoms with E-state index in [0.29, 0.717) is 23.3 Å². The van der Waals surface area contributed by atoms with Crippen molar-refractivity contribution in [2.75, 3.05) is 6.61 Å². The van der Waals surface area contributed by atoms with E-state index in [1.54, 1.807) is 18.2 Å². The predicted octanol–water partition coefficient (Wildman–Crippen LogP) is 4.42. The molecule has 5 heteroatoms. The largest absolute Gasteiger partial charge is 0.494 e. The van der Waals surface area contributed by atoms with E-state index in [4.69, 9.17) is 4.74 Å². The van der Waals surface area contributed by atoms with Crippen LogP contribution in [-0.4, -0.2) is 27.7 Å². The summed E-state index contributed by atoms with van der Waals surface area (Å²) < 4.78 is 5.39. The van der Waals surface area contributed by atoms with Crippen LogP contribution in [0.4, 0.5) is 0 Å². The lowest BCUT2D eigenvalue weighted by Crippen LogP contribution is -2.04. The van der Waals surface area contributed by atoms with Gasteiger partial charge >= 0.3 is 5.97 Å². The molecule has 0 radical (unpaired) electrons. The smallest absolute Gasteiger partial charge is 0.355 e. The standard InChI is InChI=1S/C17H14N2O3.C2H6/c1-2-22-12-9-7-11(8-10-12)16-18-14-6-4-3-5-13(14)15(19-16)17(20)21;1-2/h3-10H,2H2,1H3,(H,20,21);1-2H3. The Balaban J connectivity index is 0.00000100. The summed E-state index contributed by atoms with van der Waals surface area (Å²) >= 11 is 0. The van der Waals surface area contributed by atoms with Crippen LogP contribution in [0, 0.1) is 0 Å². The van der Waals surface area contributed by atoms with Crippen LogP contribution in [0.25, 0.3) is 22.3 Å². The lowest BCUT2D eigenvalue weighted by atomic mass is 10.1. The van der Waals surface area contributed by atoms with E-state index in [9.17, 15) is 9.90 Å². The zero-order valence-electron chi connectivity index (χ0n) is 14.0. The number of para-hydroxylation sites is 1. The molecule has 5 nitrogen and oxygen atoms in total. The Kier molecular flexibility index (Phi) is 5.84. The SMILES string of the molecule is CC.CCOc1ccc(-c2nc(C(=O)O)c3ccccc3n2)cc1. The molecule has 0 saturated heterocycles. The molecule has 2 aromatic carbocycles. The number of hydrogen-bond acceptors (Lipinski definition) is 4. The maximum Gasteiger partial charge on any atom is 0.355 e. The average Bonchev–Trinajstić information content (AvgIpc) is 2.63. The highest BCUT2D eigenvalue weighted by atomic mass is 16.5. The van der Waals surface area contributed by atoms with Gasteiger partial charge in [-0.25, -0.2) is 14.8 Å². The minimum absolute atomic E-state index is 0.00878. The van der Waals surface area contributed by atoms with Crippen molar-refractivity contribution in [1.82, 2.24) is 9.97 Å². The molecule has 0 aliphatic rings. The Bertz CT molecular complexity index is 830. The van der Waals surface area contributed by atoms with E-state index < -0.39 is 5.97 Å². The molecule has 0 saturated carbocycles. The summed E-state index contributed by atoms with van der Waals surface area (Å²) in [6.07, 6.45) is 0. The zero-order chi connectivity index (χ0) is 17.5. The van der Waals surface area contributed by atoms with Crippen molar-refractivity contribution in [3.8, 4) is 17.1 Å². The van der Waals surface area contributed by atoms with Gasteiger partial charge in [0, 0.05) is 10.9 Å². The van der Waals surface area contributed by atoms with Crippen LogP contribution in [-0.2, 0) is 0 Å². The van der Waals surface area contributed by atoms with Gasteiger partial charge < -0.3 is 9.84 Å². The molecule has 0 atom stereocenters. The number of carboxylic acids is 1. The first kappa shape index (κ1) is 17.4. The number of carbonyl (C=O) groups is 1. The summed E-state index contributed by atoms with van der Waals surface area (Å²) in [4.78, 5) is 20.1. The molecule has 0 unspecified atom stereocenters. The summed E-state index contributed by atoms with van der Waals surface area (Å²) in [5, 5.41) is 9.89. The minimum atomic E-state index is -1.06. The van der Waals surface area contributed by atoms with Crippen molar-refractivity contribution in [3.63, 3.8) is 0 Å². The Morgan fingerprint density at radius 3 is 2.33 bits per heavy atom. The number of benzene rings is 2. The van der Waals surface area contributed by atoms with Crippen molar-refractivity contribution >= 4 is 16.9 Å². The summed E-state index contributed by atoms with van der Waals surface area (Å²) in [5.41, 5.74) is 1.37. The third kappa shape index (κ3) is 3.68. The van der Waals surface area contributed by atoms with Gasteiger partial charge in [-0.15, -0.1) is 0 Å². The molecule has 1 heterocycles. The molecular formula is C19H20N2O3. The Hall–Kier alpha value is -2.95. The highest BCUT2D eigenvalue weighted by Crippen LogP contribution is 2.23. The van der Waals surface area contributed by atoms with E-state index in [1.165, 1.54) is 0 Å². The third-order valence-electron chi connectivity index (χ3n) is 3.23. The number of ether oxygens (including phenoxy) is 1. The molecular weight excluding hydrogens is 304 g/mol. The fraction of sp³-hybridized carbons (Fsp3) is 0.211. The highest BCUT2D eigenvalue weighted by Gasteiger charge is 2.14. The van der Waals surface area contributed by atoms with Crippen molar-refractivity contribution in [3.05, 3.63) is 54.2 Å². The Morgan fingerprint density at radius 2 is 1.71 bits per heavy atom. The predicted molar refractivity (Wildman–Crippen MR) is 94.5 cm³/mol. The first-order valence-electron chi connectivity index (χ1n) is 7.92. The van der Waals surface area contributed by atoms with Crippen molar-refractivity contribution in [2.45, 2.75) is 20.8 Å². The van der Waals surface area contributed by atoms with Gasteiger partial charge in [0.15, 0.2) is 11.5 Å². The molecule has 0 bridgehead atoms. The van der Waals surface area contributed by atoms with Gasteiger partial charge in [0.05, 0.1) is 12.1 Å². The average molecular weight is 324 g/mol. The minimum Gasteiger partial charge on any atom is -0.494 e. The van der Waals surface area contributed by atoms with Gasteiger partial charge in [0.1, 0.15) is 5.75 Å². The first-order valence-corrected chi connectivity index (χ1v) is 7.92. The highest BCUT2D eigenvalue weighted by molar-refractivity contribution is 6.01. The first-order chi connectivity index (χ1) is 11.7. The lowest BCUT2D eigenvalue weighted by Gasteiger charge is -2.07. The summed E-state index contributed by atoms with van der Waals surface area (Å²) in [7, 11) is 0. The van der Waals surface area contributed by atoms with Crippen molar-refractivity contribution < 1.29 is 14.6 Å². The molecule has 0 amide bonds. The van der Waals surface area contributed by atoms with Gasteiger partial charge in [-0.2, -0.15) is 0 Å². The second-order valence-corrected chi connectivity index (χ2v) is 4.68. The molecule has 0 aliphatic heterocycles. The molecule has 1 aromatic heterocycles. The number of aromatic nitrogens is 2. The van der Waals surface area contributed by atoms with Gasteiger partial charge in [-0.3, -0.25) is 0 Å². The monoisotopic (exact) mass is 324 g/mol. The Labute approximate surface area is 141 Å². The van der Waals surface area contributed by atoms with Crippen LogP contribution in [0.1, 0.15) is 31.3 Å². The van der Waals surface area contributed by atoms with Crippen LogP contribution in [0.3, 0.4) is 0 Å². The lowest BCUT2D eigenvalue weighted by molar-refractivity contribution is 0.0693. The molecule has 1 N–H and O–H groups in total. The molecule has 24 heavy (non-hydrogen) atoms. The molecule has 0 aliphatic carbocycles. The molecule has 3 rings (SSSR count). The van der Waals surface area contributed by atoms with Gasteiger partial charge in [-0.05, 0) is 37.3 Å². The van der Waals surface area contributed by atoms with E-state index >= 15 is 0 Å². The summed E-state index contributed by atoms with van der Waals surface area (Å²) in [6.45, 7) is 6.51. The second-order valence-electron chi connectivity index (χ2n) is 4.68. The van der Waals surface area contributed by atoms with E-state index in [0.717, 1.165) is 11.3 Å². The molecule has 3 aromatic rings. The quantitative estimate of drug-likeness (QED) is 0.769. The van der Waals surface area contributed by atoms with Crippen LogP contribution in [0.5, 0.6) is 5.75 Å². The van der Waals surface area contributed by atoms with Gasteiger partial charge in [-0.1, -0.05) is 32.0 Å².